The Balaban J connectivity index is 2.81. The van der Waals surface area contributed by atoms with Crippen LogP contribution in [0.5, 0.6) is 0 Å². The van der Waals surface area contributed by atoms with Crippen molar-refractivity contribution >= 4 is 29.2 Å². The SMILES string of the molecule is CC(C)C[C@H](NC(=O)c1ccc(N)c(Cl)c1)C(=O)O. The lowest BCUT2D eigenvalue weighted by Gasteiger charge is -2.16. The molecular formula is C13H17ClN2O3. The van der Waals surface area contributed by atoms with Crippen molar-refractivity contribution in [2.75, 3.05) is 5.73 Å². The Morgan fingerprint density at radius 3 is 2.53 bits per heavy atom. The van der Waals surface area contributed by atoms with E-state index in [9.17, 15) is 9.59 Å². The number of rotatable bonds is 5. The van der Waals surface area contributed by atoms with Crippen LogP contribution >= 0.6 is 11.6 Å². The molecule has 0 bridgehead atoms. The summed E-state index contributed by atoms with van der Waals surface area (Å²) in [5.41, 5.74) is 6.20. The minimum Gasteiger partial charge on any atom is -0.480 e. The van der Waals surface area contributed by atoms with Crippen LogP contribution in [-0.2, 0) is 4.79 Å². The van der Waals surface area contributed by atoms with E-state index < -0.39 is 17.9 Å². The van der Waals surface area contributed by atoms with Gasteiger partial charge in [0.15, 0.2) is 0 Å². The van der Waals surface area contributed by atoms with Crippen LogP contribution in [0.25, 0.3) is 0 Å². The third-order valence-corrected chi connectivity index (χ3v) is 2.90. The molecule has 1 aromatic rings. The topological polar surface area (TPSA) is 92.4 Å². The summed E-state index contributed by atoms with van der Waals surface area (Å²) in [6, 6.07) is 3.52. The van der Waals surface area contributed by atoms with E-state index in [0.29, 0.717) is 12.1 Å². The lowest BCUT2D eigenvalue weighted by molar-refractivity contribution is -0.139. The summed E-state index contributed by atoms with van der Waals surface area (Å²) in [6.45, 7) is 3.78. The maximum absolute atomic E-state index is 11.9. The van der Waals surface area contributed by atoms with Crippen molar-refractivity contribution in [3.63, 3.8) is 0 Å². The number of carbonyl (C=O) groups excluding carboxylic acids is 1. The standard InChI is InChI=1S/C13H17ClN2O3/c1-7(2)5-11(13(18)19)16-12(17)8-3-4-10(15)9(14)6-8/h3-4,6-7,11H,5,15H2,1-2H3,(H,16,17)(H,18,19)/t11-/m0/s1. The molecule has 4 N–H and O–H groups in total. The van der Waals surface area contributed by atoms with Gasteiger partial charge in [-0.1, -0.05) is 25.4 Å². The Hall–Kier alpha value is -1.75. The van der Waals surface area contributed by atoms with Gasteiger partial charge in [0.1, 0.15) is 6.04 Å². The van der Waals surface area contributed by atoms with Gasteiger partial charge in [-0.25, -0.2) is 4.79 Å². The number of nitrogens with two attached hydrogens (primary N) is 1. The highest BCUT2D eigenvalue weighted by Gasteiger charge is 2.21. The van der Waals surface area contributed by atoms with Gasteiger partial charge in [0, 0.05) is 5.56 Å². The van der Waals surface area contributed by atoms with Crippen LogP contribution in [0, 0.1) is 5.92 Å². The number of carbonyl (C=O) groups is 2. The number of anilines is 1. The van der Waals surface area contributed by atoms with Gasteiger partial charge in [0.25, 0.3) is 5.91 Å². The summed E-state index contributed by atoms with van der Waals surface area (Å²) in [5.74, 6) is -1.37. The minimum absolute atomic E-state index is 0.163. The molecule has 104 valence electrons. The molecule has 0 aliphatic heterocycles. The number of hydrogen-bond acceptors (Lipinski definition) is 3. The second kappa shape index (κ2) is 6.43. The molecule has 0 spiro atoms. The summed E-state index contributed by atoms with van der Waals surface area (Å²) in [6.07, 6.45) is 0.365. The Bertz CT molecular complexity index is 489. The minimum atomic E-state index is -1.05. The maximum atomic E-state index is 11.9. The Labute approximate surface area is 116 Å². The first-order chi connectivity index (χ1) is 8.81. The molecule has 5 nitrogen and oxygen atoms in total. The van der Waals surface area contributed by atoms with Gasteiger partial charge >= 0.3 is 5.97 Å². The van der Waals surface area contributed by atoms with E-state index in [2.05, 4.69) is 5.32 Å². The van der Waals surface area contributed by atoms with Gasteiger partial charge in [0.2, 0.25) is 0 Å². The highest BCUT2D eigenvalue weighted by molar-refractivity contribution is 6.33. The van der Waals surface area contributed by atoms with Crippen LogP contribution in [0.4, 0.5) is 5.69 Å². The van der Waals surface area contributed by atoms with E-state index in [4.69, 9.17) is 22.4 Å². The zero-order valence-corrected chi connectivity index (χ0v) is 11.6. The average molecular weight is 285 g/mol. The lowest BCUT2D eigenvalue weighted by atomic mass is 10.0. The molecule has 19 heavy (non-hydrogen) atoms. The van der Waals surface area contributed by atoms with Crippen molar-refractivity contribution in [3.05, 3.63) is 28.8 Å². The number of aliphatic carboxylic acids is 1. The lowest BCUT2D eigenvalue weighted by Crippen LogP contribution is -2.41. The summed E-state index contributed by atoms with van der Waals surface area (Å²) in [7, 11) is 0. The Kier molecular flexibility index (Phi) is 5.18. The van der Waals surface area contributed by atoms with Crippen LogP contribution in [0.2, 0.25) is 5.02 Å². The zero-order chi connectivity index (χ0) is 14.6. The van der Waals surface area contributed by atoms with Crippen molar-refractivity contribution in [2.24, 2.45) is 5.92 Å². The quantitative estimate of drug-likeness (QED) is 0.722. The number of nitrogen functional groups attached to an aromatic ring is 1. The third-order valence-electron chi connectivity index (χ3n) is 2.57. The number of halogens is 1. The second-order valence-corrected chi connectivity index (χ2v) is 5.14. The summed E-state index contributed by atoms with van der Waals surface area (Å²) < 4.78 is 0. The van der Waals surface area contributed by atoms with Gasteiger partial charge in [-0.2, -0.15) is 0 Å². The number of benzene rings is 1. The van der Waals surface area contributed by atoms with Gasteiger partial charge in [-0.3, -0.25) is 4.79 Å². The van der Waals surface area contributed by atoms with E-state index >= 15 is 0 Å². The van der Waals surface area contributed by atoms with E-state index in [1.807, 2.05) is 13.8 Å². The summed E-state index contributed by atoms with van der Waals surface area (Å²) in [5, 5.41) is 11.8. The van der Waals surface area contributed by atoms with Crippen molar-refractivity contribution in [3.8, 4) is 0 Å². The molecule has 1 atom stereocenters. The van der Waals surface area contributed by atoms with Crippen LogP contribution in [0.1, 0.15) is 30.6 Å². The van der Waals surface area contributed by atoms with Crippen LogP contribution < -0.4 is 11.1 Å². The molecule has 1 rings (SSSR count). The fraction of sp³-hybridized carbons (Fsp3) is 0.385. The van der Waals surface area contributed by atoms with Crippen molar-refractivity contribution in [1.29, 1.82) is 0 Å². The third kappa shape index (κ3) is 4.44. The molecular weight excluding hydrogens is 268 g/mol. The van der Waals surface area contributed by atoms with Crippen LogP contribution in [0.3, 0.4) is 0 Å². The molecule has 1 aromatic carbocycles. The van der Waals surface area contributed by atoms with Gasteiger partial charge < -0.3 is 16.2 Å². The highest BCUT2D eigenvalue weighted by atomic mass is 35.5. The van der Waals surface area contributed by atoms with Gasteiger partial charge in [-0.15, -0.1) is 0 Å². The van der Waals surface area contributed by atoms with Gasteiger partial charge in [0.05, 0.1) is 10.7 Å². The summed E-state index contributed by atoms with van der Waals surface area (Å²) >= 11 is 5.82. The molecule has 0 heterocycles. The monoisotopic (exact) mass is 284 g/mol. The van der Waals surface area contributed by atoms with Crippen molar-refractivity contribution in [2.45, 2.75) is 26.3 Å². The normalized spacial score (nSPS) is 12.2. The maximum Gasteiger partial charge on any atom is 0.326 e. The van der Waals surface area contributed by atoms with Crippen LogP contribution in [0.15, 0.2) is 18.2 Å². The van der Waals surface area contributed by atoms with E-state index in [0.717, 1.165) is 0 Å². The smallest absolute Gasteiger partial charge is 0.326 e. The predicted molar refractivity (Wildman–Crippen MR) is 74.2 cm³/mol. The fourth-order valence-electron chi connectivity index (χ4n) is 1.60. The number of carboxylic acid groups (broad SMARTS) is 1. The number of carboxylic acids is 1. The molecule has 0 aromatic heterocycles. The highest BCUT2D eigenvalue weighted by Crippen LogP contribution is 2.19. The van der Waals surface area contributed by atoms with E-state index in [1.165, 1.54) is 18.2 Å². The summed E-state index contributed by atoms with van der Waals surface area (Å²) in [4.78, 5) is 23.0. The van der Waals surface area contributed by atoms with E-state index in [1.54, 1.807) is 0 Å². The fourth-order valence-corrected chi connectivity index (χ4v) is 1.78. The van der Waals surface area contributed by atoms with E-state index in [-0.39, 0.29) is 16.5 Å². The number of hydrogen-bond donors (Lipinski definition) is 3. The molecule has 0 radical (unpaired) electrons. The molecule has 0 saturated carbocycles. The molecule has 0 unspecified atom stereocenters. The van der Waals surface area contributed by atoms with Crippen LogP contribution in [-0.4, -0.2) is 23.0 Å². The van der Waals surface area contributed by atoms with Gasteiger partial charge in [-0.05, 0) is 30.5 Å². The van der Waals surface area contributed by atoms with Crippen molar-refractivity contribution < 1.29 is 14.7 Å². The molecule has 0 saturated heterocycles. The molecule has 0 fully saturated rings. The first kappa shape index (κ1) is 15.3. The van der Waals surface area contributed by atoms with Crippen molar-refractivity contribution in [1.82, 2.24) is 5.32 Å². The molecule has 6 heteroatoms. The first-order valence-electron chi connectivity index (χ1n) is 5.90. The first-order valence-corrected chi connectivity index (χ1v) is 6.27. The molecule has 0 aliphatic rings. The zero-order valence-electron chi connectivity index (χ0n) is 10.8. The average Bonchev–Trinajstić information content (AvgIpc) is 2.31. The molecule has 0 aliphatic carbocycles. The predicted octanol–water partition coefficient (Wildman–Crippen LogP) is 2.15. The second-order valence-electron chi connectivity index (χ2n) is 4.73. The Morgan fingerprint density at radius 2 is 2.05 bits per heavy atom. The number of nitrogens with one attached hydrogen (secondary N) is 1. The Morgan fingerprint density at radius 1 is 1.42 bits per heavy atom. The number of amides is 1. The molecule has 1 amide bonds. The largest absolute Gasteiger partial charge is 0.480 e.